The number of halogens is 2. The Bertz CT molecular complexity index is 740. The summed E-state index contributed by atoms with van der Waals surface area (Å²) in [5, 5.41) is 18.2. The maximum absolute atomic E-state index is 13.3. The van der Waals surface area contributed by atoms with Gasteiger partial charge in [-0.1, -0.05) is 11.6 Å². The van der Waals surface area contributed by atoms with E-state index in [9.17, 15) is 9.18 Å². The maximum Gasteiger partial charge on any atom is 0.339 e. The molecule has 1 N–H and O–H groups in total. The Balaban J connectivity index is 2.24. The van der Waals surface area contributed by atoms with Gasteiger partial charge in [0.1, 0.15) is 23.7 Å². The van der Waals surface area contributed by atoms with Crippen molar-refractivity contribution in [2.45, 2.75) is 6.61 Å². The van der Waals surface area contributed by atoms with Crippen LogP contribution in [-0.4, -0.2) is 11.1 Å². The van der Waals surface area contributed by atoms with Crippen LogP contribution in [0, 0.1) is 17.1 Å². The highest BCUT2D eigenvalue weighted by molar-refractivity contribution is 6.30. The summed E-state index contributed by atoms with van der Waals surface area (Å²) in [5.41, 5.74) is 0.539. The molecule has 0 saturated heterocycles. The Labute approximate surface area is 125 Å². The summed E-state index contributed by atoms with van der Waals surface area (Å²) in [6, 6.07) is 9.75. The van der Waals surface area contributed by atoms with E-state index in [1.54, 1.807) is 0 Å². The molecule has 2 aromatic carbocycles. The molecule has 0 radical (unpaired) electrons. The zero-order valence-electron chi connectivity index (χ0n) is 10.6. The summed E-state index contributed by atoms with van der Waals surface area (Å²) < 4.78 is 18.7. The zero-order chi connectivity index (χ0) is 15.4. The summed E-state index contributed by atoms with van der Waals surface area (Å²) in [7, 11) is 0. The molecule has 0 heterocycles. The summed E-state index contributed by atoms with van der Waals surface area (Å²) in [6.07, 6.45) is 0. The minimum absolute atomic E-state index is 0.0451. The topological polar surface area (TPSA) is 70.3 Å². The standard InChI is InChI=1S/C15H9ClFNO3/c16-11-1-2-13(15(19)20)14(6-11)21-8-10-3-9(7-18)4-12(17)5-10/h1-6H,8H2,(H,19,20). The lowest BCUT2D eigenvalue weighted by Crippen LogP contribution is -2.04. The zero-order valence-corrected chi connectivity index (χ0v) is 11.4. The van der Waals surface area contributed by atoms with E-state index in [1.165, 1.54) is 30.3 Å². The molecule has 0 aromatic heterocycles. The Morgan fingerprint density at radius 2 is 2.10 bits per heavy atom. The highest BCUT2D eigenvalue weighted by Crippen LogP contribution is 2.24. The van der Waals surface area contributed by atoms with Gasteiger partial charge in [-0.3, -0.25) is 0 Å². The van der Waals surface area contributed by atoms with Gasteiger partial charge in [-0.05, 0) is 42.0 Å². The van der Waals surface area contributed by atoms with Gasteiger partial charge >= 0.3 is 5.97 Å². The highest BCUT2D eigenvalue weighted by Gasteiger charge is 2.12. The van der Waals surface area contributed by atoms with Gasteiger partial charge in [0.05, 0.1) is 11.6 Å². The molecule has 0 amide bonds. The van der Waals surface area contributed by atoms with Crippen molar-refractivity contribution in [3.8, 4) is 11.8 Å². The van der Waals surface area contributed by atoms with Gasteiger partial charge in [0, 0.05) is 5.02 Å². The fourth-order valence-electron chi connectivity index (χ4n) is 1.75. The molecule has 0 aliphatic rings. The third-order valence-corrected chi connectivity index (χ3v) is 2.89. The van der Waals surface area contributed by atoms with Crippen LogP contribution >= 0.6 is 11.6 Å². The molecule has 0 aliphatic heterocycles. The van der Waals surface area contributed by atoms with Crippen LogP contribution in [0.3, 0.4) is 0 Å². The van der Waals surface area contributed by atoms with E-state index >= 15 is 0 Å². The van der Waals surface area contributed by atoms with Crippen LogP contribution in [0.5, 0.6) is 5.75 Å². The fraction of sp³-hybridized carbons (Fsp3) is 0.0667. The monoisotopic (exact) mass is 305 g/mol. The van der Waals surface area contributed by atoms with E-state index in [1.807, 2.05) is 6.07 Å². The molecule has 0 unspecified atom stereocenters. The first kappa shape index (κ1) is 14.8. The second kappa shape index (κ2) is 6.25. The van der Waals surface area contributed by atoms with Crippen molar-refractivity contribution in [2.75, 3.05) is 0 Å². The SMILES string of the molecule is N#Cc1cc(F)cc(COc2cc(Cl)ccc2C(=O)O)c1. The molecule has 0 fully saturated rings. The summed E-state index contributed by atoms with van der Waals surface area (Å²) in [5.74, 6) is -1.63. The van der Waals surface area contributed by atoms with E-state index < -0.39 is 11.8 Å². The van der Waals surface area contributed by atoms with Gasteiger partial charge < -0.3 is 9.84 Å². The van der Waals surface area contributed by atoms with Crippen LogP contribution in [0.2, 0.25) is 5.02 Å². The highest BCUT2D eigenvalue weighted by atomic mass is 35.5. The first-order valence-corrected chi connectivity index (χ1v) is 6.22. The van der Waals surface area contributed by atoms with E-state index in [2.05, 4.69) is 0 Å². The van der Waals surface area contributed by atoms with Crippen molar-refractivity contribution >= 4 is 17.6 Å². The van der Waals surface area contributed by atoms with Crippen LogP contribution in [0.15, 0.2) is 36.4 Å². The lowest BCUT2D eigenvalue weighted by molar-refractivity contribution is 0.0691. The first-order chi connectivity index (χ1) is 9.99. The molecule has 6 heteroatoms. The molecule has 0 atom stereocenters. The van der Waals surface area contributed by atoms with Gasteiger partial charge in [-0.2, -0.15) is 5.26 Å². The lowest BCUT2D eigenvalue weighted by Gasteiger charge is -2.10. The molecule has 2 rings (SSSR count). The maximum atomic E-state index is 13.3. The molecule has 0 bridgehead atoms. The second-order valence-electron chi connectivity index (χ2n) is 4.19. The second-order valence-corrected chi connectivity index (χ2v) is 4.63. The smallest absolute Gasteiger partial charge is 0.339 e. The number of nitrogens with zero attached hydrogens (tertiary/aromatic N) is 1. The number of carboxylic acid groups (broad SMARTS) is 1. The number of hydrogen-bond donors (Lipinski definition) is 1. The lowest BCUT2D eigenvalue weighted by atomic mass is 10.1. The Morgan fingerprint density at radius 1 is 1.33 bits per heavy atom. The molecule has 106 valence electrons. The number of benzene rings is 2. The number of hydrogen-bond acceptors (Lipinski definition) is 3. The van der Waals surface area contributed by atoms with Crippen LogP contribution < -0.4 is 4.74 Å². The van der Waals surface area contributed by atoms with Crippen molar-refractivity contribution in [3.63, 3.8) is 0 Å². The average Bonchev–Trinajstić information content (AvgIpc) is 2.44. The molecule has 21 heavy (non-hydrogen) atoms. The van der Waals surface area contributed by atoms with Gasteiger partial charge in [-0.25, -0.2) is 9.18 Å². The predicted molar refractivity (Wildman–Crippen MR) is 73.9 cm³/mol. The van der Waals surface area contributed by atoms with E-state index in [0.717, 1.165) is 6.07 Å². The minimum Gasteiger partial charge on any atom is -0.488 e. The van der Waals surface area contributed by atoms with Crippen molar-refractivity contribution in [1.29, 1.82) is 5.26 Å². The molecule has 0 spiro atoms. The Kier molecular flexibility index (Phi) is 4.41. The number of carboxylic acids is 1. The third-order valence-electron chi connectivity index (χ3n) is 2.66. The van der Waals surface area contributed by atoms with Crippen molar-refractivity contribution < 1.29 is 19.0 Å². The van der Waals surface area contributed by atoms with E-state index in [-0.39, 0.29) is 23.5 Å². The number of rotatable bonds is 4. The fourth-order valence-corrected chi connectivity index (χ4v) is 1.91. The molecule has 0 aliphatic carbocycles. The van der Waals surface area contributed by atoms with Crippen molar-refractivity contribution in [2.24, 2.45) is 0 Å². The van der Waals surface area contributed by atoms with E-state index in [4.69, 9.17) is 26.7 Å². The number of nitriles is 1. The number of ether oxygens (including phenoxy) is 1. The molecular weight excluding hydrogens is 297 g/mol. The third kappa shape index (κ3) is 3.71. The molecule has 0 saturated carbocycles. The van der Waals surface area contributed by atoms with Crippen molar-refractivity contribution in [3.05, 3.63) is 63.9 Å². The predicted octanol–water partition coefficient (Wildman–Crippen LogP) is 3.63. The molecule has 4 nitrogen and oxygen atoms in total. The van der Waals surface area contributed by atoms with Crippen LogP contribution in [0.1, 0.15) is 21.5 Å². The average molecular weight is 306 g/mol. The van der Waals surface area contributed by atoms with Crippen molar-refractivity contribution in [1.82, 2.24) is 0 Å². The van der Waals surface area contributed by atoms with Gasteiger partial charge in [-0.15, -0.1) is 0 Å². The quantitative estimate of drug-likeness (QED) is 0.936. The van der Waals surface area contributed by atoms with Gasteiger partial charge in [0.15, 0.2) is 0 Å². The molecule has 2 aromatic rings. The first-order valence-electron chi connectivity index (χ1n) is 5.85. The summed E-state index contributed by atoms with van der Waals surface area (Å²) >= 11 is 5.80. The minimum atomic E-state index is -1.15. The summed E-state index contributed by atoms with van der Waals surface area (Å²) in [4.78, 5) is 11.1. The Hall–Kier alpha value is -2.58. The summed E-state index contributed by atoms with van der Waals surface area (Å²) in [6.45, 7) is -0.0763. The van der Waals surface area contributed by atoms with Gasteiger partial charge in [0.25, 0.3) is 0 Å². The van der Waals surface area contributed by atoms with Crippen LogP contribution in [0.25, 0.3) is 0 Å². The largest absolute Gasteiger partial charge is 0.488 e. The molecular formula is C15H9ClFNO3. The van der Waals surface area contributed by atoms with Gasteiger partial charge in [0.2, 0.25) is 0 Å². The van der Waals surface area contributed by atoms with Crippen LogP contribution in [-0.2, 0) is 6.61 Å². The van der Waals surface area contributed by atoms with Crippen LogP contribution in [0.4, 0.5) is 4.39 Å². The normalized spacial score (nSPS) is 9.95. The van der Waals surface area contributed by atoms with E-state index in [0.29, 0.717) is 10.6 Å². The Morgan fingerprint density at radius 3 is 2.76 bits per heavy atom. The number of carbonyl (C=O) groups is 1. The number of aromatic carboxylic acids is 1.